The van der Waals surface area contributed by atoms with E-state index in [1.807, 2.05) is 37.8 Å². The third-order valence-corrected chi connectivity index (χ3v) is 8.02. The number of oxime groups is 1. The summed E-state index contributed by atoms with van der Waals surface area (Å²) in [4.78, 5) is 44.8. The molecule has 0 bridgehead atoms. The fourth-order valence-corrected chi connectivity index (χ4v) is 5.65. The summed E-state index contributed by atoms with van der Waals surface area (Å²) in [5.74, 6) is -0.139. The number of benzene rings is 1. The Morgan fingerprint density at radius 1 is 1.16 bits per heavy atom. The Morgan fingerprint density at radius 2 is 1.87 bits per heavy atom. The van der Waals surface area contributed by atoms with Crippen LogP contribution in [0.1, 0.15) is 52.0 Å². The largest absolute Gasteiger partial charge is 0.481 e. The van der Waals surface area contributed by atoms with Gasteiger partial charge in [-0.25, -0.2) is 19.7 Å². The van der Waals surface area contributed by atoms with E-state index in [0.717, 1.165) is 32.6 Å². The van der Waals surface area contributed by atoms with Gasteiger partial charge in [-0.15, -0.1) is 0 Å². The van der Waals surface area contributed by atoms with Crippen LogP contribution in [0.3, 0.4) is 0 Å². The van der Waals surface area contributed by atoms with Crippen molar-refractivity contribution < 1.29 is 19.5 Å². The zero-order valence-electron chi connectivity index (χ0n) is 22.1. The Hall–Kier alpha value is -3.80. The highest BCUT2D eigenvalue weighted by atomic mass is 32.1. The molecule has 1 fully saturated rings. The first-order valence-electron chi connectivity index (χ1n) is 12.7. The Kier molecular flexibility index (Phi) is 8.40. The van der Waals surface area contributed by atoms with Crippen molar-refractivity contribution in [2.45, 2.75) is 46.5 Å². The molecule has 0 spiro atoms. The minimum Gasteiger partial charge on any atom is -0.481 e. The number of fused-ring (bicyclic) bond motifs is 1. The van der Waals surface area contributed by atoms with Crippen LogP contribution >= 0.6 is 11.3 Å². The molecule has 202 valence electrons. The molecule has 3 N–H and O–H groups in total. The zero-order valence-corrected chi connectivity index (χ0v) is 22.9. The molecule has 1 aliphatic rings. The first kappa shape index (κ1) is 27.2. The molecule has 3 heterocycles. The predicted octanol–water partition coefficient (Wildman–Crippen LogP) is 4.74. The molecule has 2 amide bonds. The maximum Gasteiger partial charge on any atom is 0.321 e. The number of carbonyl (C=O) groups is 2. The van der Waals surface area contributed by atoms with Crippen LogP contribution in [0.25, 0.3) is 21.3 Å². The molecule has 2 aromatic heterocycles. The molecule has 1 aromatic carbocycles. The lowest BCUT2D eigenvalue weighted by Gasteiger charge is -2.38. The summed E-state index contributed by atoms with van der Waals surface area (Å²) in [6.45, 7) is 7.50. The Labute approximate surface area is 225 Å². The lowest BCUT2D eigenvalue weighted by atomic mass is 9.76. The quantitative estimate of drug-likeness (QED) is 0.262. The van der Waals surface area contributed by atoms with Gasteiger partial charge in [0, 0.05) is 43.2 Å². The number of aromatic nitrogens is 3. The number of carboxylic acid groups (broad SMARTS) is 1. The van der Waals surface area contributed by atoms with Gasteiger partial charge in [0.1, 0.15) is 7.11 Å². The molecule has 0 saturated carbocycles. The van der Waals surface area contributed by atoms with E-state index in [0.29, 0.717) is 56.4 Å². The number of piperidine rings is 1. The number of nitrogens with one attached hydrogen (secondary N) is 2. The van der Waals surface area contributed by atoms with Gasteiger partial charge < -0.3 is 20.2 Å². The topological polar surface area (TPSA) is 142 Å². The number of hydrogen-bond acceptors (Lipinski definition) is 9. The average Bonchev–Trinajstić information content (AvgIpc) is 3.33. The zero-order chi connectivity index (χ0) is 27.3. The lowest BCUT2D eigenvalue weighted by molar-refractivity contribution is -0.150. The van der Waals surface area contributed by atoms with Crippen molar-refractivity contribution in [3.63, 3.8) is 0 Å². The number of amides is 2. The summed E-state index contributed by atoms with van der Waals surface area (Å²) in [5, 5.41) is 19.9. The molecular weight excluding hydrogens is 506 g/mol. The molecule has 0 atom stereocenters. The molecule has 3 aromatic rings. The van der Waals surface area contributed by atoms with Crippen molar-refractivity contribution in [3.05, 3.63) is 30.1 Å². The van der Waals surface area contributed by atoms with Gasteiger partial charge in [0.25, 0.3) is 0 Å². The van der Waals surface area contributed by atoms with E-state index in [4.69, 9.17) is 4.84 Å². The van der Waals surface area contributed by atoms with Crippen LogP contribution in [0.4, 0.5) is 15.9 Å². The van der Waals surface area contributed by atoms with Crippen LogP contribution in [0.15, 0.2) is 29.7 Å². The minimum atomic E-state index is -0.725. The predicted molar refractivity (Wildman–Crippen MR) is 149 cm³/mol. The van der Waals surface area contributed by atoms with Crippen LogP contribution < -0.4 is 15.5 Å². The summed E-state index contributed by atoms with van der Waals surface area (Å²) in [6.07, 6.45) is 5.93. The SMILES string of the molecule is CCNC(=O)Nc1nc2cc(-c3cnc(N4CCC(CC)(C(=O)O)CC4)nc3)cc(/C(CC)=N\OC)c2s1. The maximum atomic E-state index is 12.1. The number of aliphatic carboxylic acids is 1. The highest BCUT2D eigenvalue weighted by molar-refractivity contribution is 7.22. The number of rotatable bonds is 9. The molecule has 0 aliphatic carbocycles. The van der Waals surface area contributed by atoms with Gasteiger partial charge >= 0.3 is 12.0 Å². The van der Waals surface area contributed by atoms with Gasteiger partial charge in [0.05, 0.1) is 21.3 Å². The number of thiazole rings is 1. The number of carboxylic acids is 1. The molecule has 1 saturated heterocycles. The maximum absolute atomic E-state index is 12.1. The molecule has 0 radical (unpaired) electrons. The van der Waals surface area contributed by atoms with Crippen molar-refractivity contribution in [1.29, 1.82) is 0 Å². The van der Waals surface area contributed by atoms with Gasteiger partial charge in [-0.2, -0.15) is 0 Å². The van der Waals surface area contributed by atoms with Gasteiger partial charge in [0.2, 0.25) is 5.95 Å². The molecular formula is C26H33N7O4S. The summed E-state index contributed by atoms with van der Waals surface area (Å²) >= 11 is 1.38. The molecule has 0 unspecified atom stereocenters. The molecule has 12 heteroatoms. The number of anilines is 2. The summed E-state index contributed by atoms with van der Waals surface area (Å²) < 4.78 is 0.891. The second-order valence-corrected chi connectivity index (χ2v) is 10.1. The van der Waals surface area contributed by atoms with Crippen LogP contribution in [0.5, 0.6) is 0 Å². The first-order valence-corrected chi connectivity index (χ1v) is 13.6. The average molecular weight is 540 g/mol. The second-order valence-electron chi connectivity index (χ2n) is 9.15. The molecule has 11 nitrogen and oxygen atoms in total. The van der Waals surface area contributed by atoms with Crippen LogP contribution in [0, 0.1) is 5.41 Å². The number of nitrogens with zero attached hydrogens (tertiary/aromatic N) is 5. The summed E-state index contributed by atoms with van der Waals surface area (Å²) in [7, 11) is 1.51. The fourth-order valence-electron chi connectivity index (χ4n) is 4.67. The Morgan fingerprint density at radius 3 is 2.45 bits per heavy atom. The number of urea groups is 1. The van der Waals surface area contributed by atoms with E-state index in [-0.39, 0.29) is 6.03 Å². The van der Waals surface area contributed by atoms with E-state index >= 15 is 0 Å². The smallest absolute Gasteiger partial charge is 0.321 e. The van der Waals surface area contributed by atoms with Gasteiger partial charge in [-0.3, -0.25) is 10.1 Å². The lowest BCUT2D eigenvalue weighted by Crippen LogP contribution is -2.44. The third-order valence-electron chi connectivity index (χ3n) is 7.00. The van der Waals surface area contributed by atoms with Crippen molar-refractivity contribution in [1.82, 2.24) is 20.3 Å². The van der Waals surface area contributed by atoms with Crippen molar-refractivity contribution in [2.75, 3.05) is 37.0 Å². The Balaban J connectivity index is 1.64. The molecule has 4 rings (SSSR count). The second kappa shape index (κ2) is 11.7. The number of hydrogen-bond donors (Lipinski definition) is 3. The van der Waals surface area contributed by atoms with E-state index in [1.165, 1.54) is 18.4 Å². The third kappa shape index (κ3) is 5.54. The van der Waals surface area contributed by atoms with E-state index in [9.17, 15) is 14.7 Å². The van der Waals surface area contributed by atoms with Gasteiger partial charge in [0.15, 0.2) is 5.13 Å². The van der Waals surface area contributed by atoms with E-state index in [2.05, 4.69) is 30.7 Å². The van der Waals surface area contributed by atoms with Crippen LogP contribution in [-0.2, 0) is 9.63 Å². The van der Waals surface area contributed by atoms with Crippen molar-refractivity contribution in [3.8, 4) is 11.1 Å². The van der Waals surface area contributed by atoms with Crippen LogP contribution in [-0.4, -0.2) is 64.5 Å². The molecule has 1 aliphatic heterocycles. The monoisotopic (exact) mass is 539 g/mol. The van der Waals surface area contributed by atoms with Crippen molar-refractivity contribution >= 4 is 50.3 Å². The summed E-state index contributed by atoms with van der Waals surface area (Å²) in [6, 6.07) is 3.65. The number of carbonyl (C=O) groups excluding carboxylic acids is 1. The van der Waals surface area contributed by atoms with E-state index in [1.54, 1.807) is 12.4 Å². The highest BCUT2D eigenvalue weighted by Crippen LogP contribution is 2.37. The normalized spacial score (nSPS) is 15.4. The molecule has 38 heavy (non-hydrogen) atoms. The fraction of sp³-hybridized carbons (Fsp3) is 0.462. The minimum absolute atomic E-state index is 0.309. The Bertz CT molecular complexity index is 1330. The highest BCUT2D eigenvalue weighted by Gasteiger charge is 2.40. The summed E-state index contributed by atoms with van der Waals surface area (Å²) in [5.41, 5.74) is 3.35. The van der Waals surface area contributed by atoms with Gasteiger partial charge in [-0.05, 0) is 50.3 Å². The standard InChI is InChI=1S/C26H33N7O4S/c1-5-19(32-37-4)18-12-16(13-20-21(18)38-25(30-20)31-24(36)27-7-3)17-14-28-23(29-15-17)33-10-8-26(6-2,9-11-33)22(34)35/h12-15H,5-11H2,1-4H3,(H,34,35)(H2,27,30,31,36)/b32-19-. The first-order chi connectivity index (χ1) is 18.3. The van der Waals surface area contributed by atoms with Crippen LogP contribution in [0.2, 0.25) is 0 Å². The van der Waals surface area contributed by atoms with E-state index < -0.39 is 11.4 Å². The van der Waals surface area contributed by atoms with Crippen molar-refractivity contribution in [2.24, 2.45) is 10.6 Å². The van der Waals surface area contributed by atoms with Gasteiger partial charge in [-0.1, -0.05) is 30.3 Å².